The fourth-order valence-electron chi connectivity index (χ4n) is 5.93. The molecule has 0 aliphatic rings. The summed E-state index contributed by atoms with van der Waals surface area (Å²) < 4.78 is 11.1. The number of carbonyl (C=O) groups excluding carboxylic acids is 1. The van der Waals surface area contributed by atoms with E-state index in [1.54, 1.807) is 4.90 Å². The first-order valence-corrected chi connectivity index (χ1v) is 16.8. The van der Waals surface area contributed by atoms with Crippen LogP contribution in [0, 0.1) is 0 Å². The molecule has 0 bridgehead atoms. The standard InChI is InChI=1S/C39H47NO7/c1-2-23-40(24-11-3-5-13-29-19-21-31-15-7-9-17-33(31)26-29)38(43)36(37(39(44)45)47-28-35(41)42)46-25-12-4-6-14-30-20-22-32-16-8-10-18-34(32)27-30/h7-10,15-22,26-27,36-37H,2-6,11-14,23-25,28H2,1H3,(H,41,42)(H,44,45). The Morgan fingerprint density at radius 2 is 1.19 bits per heavy atom. The fraction of sp³-hybridized carbons (Fsp3) is 0.410. The SMILES string of the molecule is CCCN(CCCCCc1ccc2ccccc2c1)C(=O)C(OCCCCCc1ccc2ccccc2c1)C(OCC(=O)O)C(=O)O. The van der Waals surface area contributed by atoms with Crippen LogP contribution in [-0.2, 0) is 36.7 Å². The van der Waals surface area contributed by atoms with E-state index in [0.717, 1.165) is 44.9 Å². The van der Waals surface area contributed by atoms with Crippen molar-refractivity contribution in [2.45, 2.75) is 76.9 Å². The van der Waals surface area contributed by atoms with Gasteiger partial charge < -0.3 is 24.6 Å². The van der Waals surface area contributed by atoms with E-state index >= 15 is 0 Å². The monoisotopic (exact) mass is 641 g/mol. The highest BCUT2D eigenvalue weighted by Gasteiger charge is 2.38. The number of carbonyl (C=O) groups is 3. The van der Waals surface area contributed by atoms with Gasteiger partial charge in [0.25, 0.3) is 5.91 Å². The van der Waals surface area contributed by atoms with E-state index in [2.05, 4.69) is 60.7 Å². The third-order valence-electron chi connectivity index (χ3n) is 8.38. The summed E-state index contributed by atoms with van der Waals surface area (Å²) in [6.45, 7) is 2.20. The van der Waals surface area contributed by atoms with Crippen LogP contribution in [0.3, 0.4) is 0 Å². The molecule has 250 valence electrons. The summed E-state index contributed by atoms with van der Waals surface area (Å²) in [6, 6.07) is 29.5. The molecule has 2 unspecified atom stereocenters. The minimum absolute atomic E-state index is 0.167. The molecular weight excluding hydrogens is 594 g/mol. The number of aryl methyl sites for hydroxylation is 2. The zero-order valence-electron chi connectivity index (χ0n) is 27.3. The highest BCUT2D eigenvalue weighted by atomic mass is 16.6. The van der Waals surface area contributed by atoms with Gasteiger partial charge in [0.15, 0.2) is 12.2 Å². The minimum Gasteiger partial charge on any atom is -0.480 e. The second kappa shape index (κ2) is 18.8. The number of rotatable bonds is 21. The second-order valence-corrected chi connectivity index (χ2v) is 12.1. The predicted molar refractivity (Wildman–Crippen MR) is 185 cm³/mol. The molecule has 2 atom stereocenters. The van der Waals surface area contributed by atoms with Gasteiger partial charge in [-0.05, 0) is 77.6 Å². The van der Waals surface area contributed by atoms with Gasteiger partial charge in [-0.3, -0.25) is 4.79 Å². The Labute approximate surface area is 277 Å². The lowest BCUT2D eigenvalue weighted by molar-refractivity contribution is -0.176. The van der Waals surface area contributed by atoms with Crippen molar-refractivity contribution in [3.05, 3.63) is 96.1 Å². The highest BCUT2D eigenvalue weighted by molar-refractivity contribution is 5.88. The first-order chi connectivity index (χ1) is 22.9. The first-order valence-electron chi connectivity index (χ1n) is 16.8. The summed E-state index contributed by atoms with van der Waals surface area (Å²) >= 11 is 0. The normalized spacial score (nSPS) is 12.6. The summed E-state index contributed by atoms with van der Waals surface area (Å²) in [4.78, 5) is 38.8. The number of hydrogen-bond acceptors (Lipinski definition) is 5. The van der Waals surface area contributed by atoms with E-state index in [1.165, 1.54) is 32.7 Å². The molecule has 0 fully saturated rings. The van der Waals surface area contributed by atoms with Gasteiger partial charge in [0.1, 0.15) is 6.61 Å². The summed E-state index contributed by atoms with van der Waals surface area (Å²) in [5, 5.41) is 23.9. The van der Waals surface area contributed by atoms with Crippen molar-refractivity contribution in [1.82, 2.24) is 4.90 Å². The molecule has 4 aromatic rings. The first kappa shape index (κ1) is 35.6. The van der Waals surface area contributed by atoms with Crippen molar-refractivity contribution in [2.75, 3.05) is 26.3 Å². The van der Waals surface area contributed by atoms with Crippen molar-refractivity contribution in [3.8, 4) is 0 Å². The molecule has 0 aliphatic carbocycles. The lowest BCUT2D eigenvalue weighted by atomic mass is 10.0. The molecular formula is C39H47NO7. The molecule has 2 N–H and O–H groups in total. The molecule has 0 saturated carbocycles. The van der Waals surface area contributed by atoms with Crippen molar-refractivity contribution < 1.29 is 34.1 Å². The number of aliphatic carboxylic acids is 2. The second-order valence-electron chi connectivity index (χ2n) is 12.1. The number of unbranched alkanes of at least 4 members (excludes halogenated alkanes) is 4. The van der Waals surface area contributed by atoms with Crippen LogP contribution in [0.4, 0.5) is 0 Å². The Kier molecular flexibility index (Phi) is 14.2. The molecule has 4 rings (SSSR count). The maximum atomic E-state index is 13.8. The molecule has 8 nitrogen and oxygen atoms in total. The van der Waals surface area contributed by atoms with Crippen LogP contribution in [0.15, 0.2) is 84.9 Å². The lowest BCUT2D eigenvalue weighted by Crippen LogP contribution is -2.51. The molecule has 0 aliphatic heterocycles. The van der Waals surface area contributed by atoms with Crippen LogP contribution in [0.5, 0.6) is 0 Å². The smallest absolute Gasteiger partial charge is 0.336 e. The third kappa shape index (κ3) is 11.2. The van der Waals surface area contributed by atoms with Gasteiger partial charge in [-0.2, -0.15) is 0 Å². The average Bonchev–Trinajstić information content (AvgIpc) is 3.07. The number of ether oxygens (including phenoxy) is 2. The number of benzene rings is 4. The number of nitrogens with zero attached hydrogens (tertiary/aromatic N) is 1. The van der Waals surface area contributed by atoms with Crippen LogP contribution in [0.2, 0.25) is 0 Å². The van der Waals surface area contributed by atoms with Crippen LogP contribution in [0.1, 0.15) is 63.0 Å². The van der Waals surface area contributed by atoms with Crippen molar-refractivity contribution in [3.63, 3.8) is 0 Å². The quantitative estimate of drug-likeness (QED) is 0.0919. The van der Waals surface area contributed by atoms with Crippen LogP contribution >= 0.6 is 0 Å². The molecule has 0 heterocycles. The highest BCUT2D eigenvalue weighted by Crippen LogP contribution is 2.19. The fourth-order valence-corrected chi connectivity index (χ4v) is 5.93. The van der Waals surface area contributed by atoms with Crippen LogP contribution in [0.25, 0.3) is 21.5 Å². The zero-order valence-corrected chi connectivity index (χ0v) is 27.3. The van der Waals surface area contributed by atoms with Crippen molar-refractivity contribution >= 4 is 39.4 Å². The molecule has 47 heavy (non-hydrogen) atoms. The summed E-state index contributed by atoms with van der Waals surface area (Å²) in [6.07, 6.45) is 4.38. The van der Waals surface area contributed by atoms with Gasteiger partial charge in [-0.1, -0.05) is 105 Å². The largest absolute Gasteiger partial charge is 0.480 e. The Hall–Kier alpha value is -4.27. The van der Waals surface area contributed by atoms with Gasteiger partial charge in [-0.25, -0.2) is 9.59 Å². The number of hydrogen-bond donors (Lipinski definition) is 2. The van der Waals surface area contributed by atoms with E-state index in [1.807, 2.05) is 31.2 Å². The third-order valence-corrected chi connectivity index (χ3v) is 8.38. The summed E-state index contributed by atoms with van der Waals surface area (Å²) in [7, 11) is 0. The van der Waals surface area contributed by atoms with E-state index < -0.39 is 36.7 Å². The summed E-state index contributed by atoms with van der Waals surface area (Å²) in [5.74, 6) is -3.21. The maximum absolute atomic E-state index is 13.8. The van der Waals surface area contributed by atoms with E-state index in [9.17, 15) is 19.5 Å². The Morgan fingerprint density at radius 3 is 1.72 bits per heavy atom. The molecule has 0 aromatic heterocycles. The topological polar surface area (TPSA) is 113 Å². The number of amides is 1. The molecule has 0 radical (unpaired) electrons. The summed E-state index contributed by atoms with van der Waals surface area (Å²) in [5.41, 5.74) is 2.52. The van der Waals surface area contributed by atoms with Gasteiger partial charge in [-0.15, -0.1) is 0 Å². The van der Waals surface area contributed by atoms with E-state index in [-0.39, 0.29) is 6.61 Å². The molecule has 4 aromatic carbocycles. The predicted octanol–water partition coefficient (Wildman–Crippen LogP) is 7.30. The van der Waals surface area contributed by atoms with Crippen LogP contribution < -0.4 is 0 Å². The van der Waals surface area contributed by atoms with Gasteiger partial charge in [0, 0.05) is 19.7 Å². The lowest BCUT2D eigenvalue weighted by Gasteiger charge is -2.30. The molecule has 1 amide bonds. The molecule has 8 heteroatoms. The van der Waals surface area contributed by atoms with E-state index in [0.29, 0.717) is 25.9 Å². The molecule has 0 spiro atoms. The zero-order chi connectivity index (χ0) is 33.4. The number of fused-ring (bicyclic) bond motifs is 2. The Morgan fingerprint density at radius 1 is 0.638 bits per heavy atom. The Bertz CT molecular complexity index is 1600. The Balaban J connectivity index is 1.29. The van der Waals surface area contributed by atoms with Gasteiger partial charge >= 0.3 is 11.9 Å². The van der Waals surface area contributed by atoms with Gasteiger partial charge in [0.05, 0.1) is 0 Å². The maximum Gasteiger partial charge on any atom is 0.336 e. The number of carboxylic acids is 2. The van der Waals surface area contributed by atoms with E-state index in [4.69, 9.17) is 14.6 Å². The minimum atomic E-state index is -1.72. The number of carboxylic acid groups (broad SMARTS) is 2. The van der Waals surface area contributed by atoms with Crippen molar-refractivity contribution in [1.29, 1.82) is 0 Å². The van der Waals surface area contributed by atoms with Crippen molar-refractivity contribution in [2.24, 2.45) is 0 Å². The average molecular weight is 642 g/mol. The van der Waals surface area contributed by atoms with Crippen LogP contribution in [-0.4, -0.2) is 71.5 Å². The molecule has 0 saturated heterocycles. The van der Waals surface area contributed by atoms with Gasteiger partial charge in [0.2, 0.25) is 0 Å².